The first-order chi connectivity index (χ1) is 8.97. The number of carboxylic acid groups (broad SMARTS) is 1. The Morgan fingerprint density at radius 1 is 1.32 bits per heavy atom. The van der Waals surface area contributed by atoms with Crippen LogP contribution in [0.2, 0.25) is 0 Å². The lowest BCUT2D eigenvalue weighted by atomic mass is 9.95. The number of aliphatic hydroxyl groups excluding tert-OH is 1. The number of carboxylic acids is 1. The zero-order chi connectivity index (χ0) is 14.4. The Labute approximate surface area is 112 Å². The van der Waals surface area contributed by atoms with Crippen molar-refractivity contribution in [1.29, 1.82) is 0 Å². The van der Waals surface area contributed by atoms with Crippen molar-refractivity contribution in [3.05, 3.63) is 23.8 Å². The summed E-state index contributed by atoms with van der Waals surface area (Å²) in [6.45, 7) is 1.80. The van der Waals surface area contributed by atoms with E-state index in [0.717, 1.165) is 0 Å². The Morgan fingerprint density at radius 2 is 2.00 bits per heavy atom. The predicted octanol–water partition coefficient (Wildman–Crippen LogP) is 2.24. The molecule has 0 spiro atoms. The van der Waals surface area contributed by atoms with Gasteiger partial charge in [-0.1, -0.05) is 6.92 Å². The molecule has 0 bridgehead atoms. The van der Waals surface area contributed by atoms with E-state index >= 15 is 0 Å². The molecule has 2 N–H and O–H groups in total. The number of aliphatic carboxylic acids is 1. The van der Waals surface area contributed by atoms with Gasteiger partial charge in [-0.05, 0) is 24.5 Å². The second kappa shape index (κ2) is 6.99. The third-order valence-corrected chi connectivity index (χ3v) is 2.95. The lowest BCUT2D eigenvalue weighted by Gasteiger charge is -2.18. The van der Waals surface area contributed by atoms with Gasteiger partial charge in [0.25, 0.3) is 0 Å². The minimum atomic E-state index is -0.860. The molecule has 106 valence electrons. The molecular formula is C14H20O5. The van der Waals surface area contributed by atoms with Crippen LogP contribution >= 0.6 is 0 Å². The molecule has 0 heterocycles. The highest BCUT2D eigenvalue weighted by Gasteiger charge is 2.18. The normalized spacial score (nSPS) is 13.7. The van der Waals surface area contributed by atoms with E-state index in [0.29, 0.717) is 23.5 Å². The molecule has 5 heteroatoms. The molecule has 0 saturated heterocycles. The highest BCUT2D eigenvalue weighted by atomic mass is 16.5. The molecule has 5 nitrogen and oxygen atoms in total. The summed E-state index contributed by atoms with van der Waals surface area (Å²) in [6.07, 6.45) is -0.347. The van der Waals surface area contributed by atoms with Crippen LogP contribution in [0.4, 0.5) is 0 Å². The van der Waals surface area contributed by atoms with Crippen LogP contribution < -0.4 is 9.47 Å². The van der Waals surface area contributed by atoms with Crippen molar-refractivity contribution in [2.24, 2.45) is 5.92 Å². The maximum Gasteiger partial charge on any atom is 0.303 e. The van der Waals surface area contributed by atoms with Gasteiger partial charge in [0.2, 0.25) is 0 Å². The van der Waals surface area contributed by atoms with Crippen LogP contribution in [0.3, 0.4) is 0 Å². The van der Waals surface area contributed by atoms with E-state index in [-0.39, 0.29) is 12.3 Å². The monoisotopic (exact) mass is 268 g/mol. The molecule has 0 amide bonds. The lowest BCUT2D eigenvalue weighted by molar-refractivity contribution is -0.138. The topological polar surface area (TPSA) is 76.0 Å². The fourth-order valence-corrected chi connectivity index (χ4v) is 1.98. The van der Waals surface area contributed by atoms with Crippen LogP contribution in [0.15, 0.2) is 18.2 Å². The second-order valence-electron chi connectivity index (χ2n) is 4.56. The van der Waals surface area contributed by atoms with Crippen LogP contribution in [0.5, 0.6) is 11.5 Å². The van der Waals surface area contributed by atoms with Gasteiger partial charge in [0.1, 0.15) is 11.5 Å². The number of hydrogen-bond donors (Lipinski definition) is 2. The van der Waals surface area contributed by atoms with E-state index in [1.54, 1.807) is 32.2 Å². The van der Waals surface area contributed by atoms with E-state index in [1.165, 1.54) is 7.11 Å². The number of ether oxygens (including phenoxy) is 2. The van der Waals surface area contributed by atoms with E-state index in [9.17, 15) is 9.90 Å². The summed E-state index contributed by atoms with van der Waals surface area (Å²) in [5, 5.41) is 18.9. The van der Waals surface area contributed by atoms with Crippen molar-refractivity contribution in [3.8, 4) is 11.5 Å². The van der Waals surface area contributed by atoms with Crippen molar-refractivity contribution >= 4 is 5.97 Å². The lowest BCUT2D eigenvalue weighted by Crippen LogP contribution is -2.10. The molecule has 0 aliphatic carbocycles. The number of aliphatic hydroxyl groups is 1. The number of hydrogen-bond acceptors (Lipinski definition) is 4. The largest absolute Gasteiger partial charge is 0.497 e. The maximum atomic E-state index is 10.6. The molecule has 0 aliphatic rings. The van der Waals surface area contributed by atoms with Gasteiger partial charge >= 0.3 is 5.97 Å². The number of benzene rings is 1. The number of rotatable bonds is 7. The number of methoxy groups -OCH3 is 2. The van der Waals surface area contributed by atoms with Gasteiger partial charge < -0.3 is 19.7 Å². The van der Waals surface area contributed by atoms with Crippen LogP contribution in [-0.2, 0) is 4.79 Å². The summed E-state index contributed by atoms with van der Waals surface area (Å²) < 4.78 is 10.3. The highest BCUT2D eigenvalue weighted by molar-refractivity contribution is 5.66. The van der Waals surface area contributed by atoms with Gasteiger partial charge in [-0.2, -0.15) is 0 Å². The molecule has 1 rings (SSSR count). The average Bonchev–Trinajstić information content (AvgIpc) is 2.36. The van der Waals surface area contributed by atoms with Crippen molar-refractivity contribution in [2.45, 2.75) is 25.9 Å². The number of carbonyl (C=O) groups is 1. The highest BCUT2D eigenvalue weighted by Crippen LogP contribution is 2.32. The Kier molecular flexibility index (Phi) is 5.63. The van der Waals surface area contributed by atoms with Crippen molar-refractivity contribution < 1.29 is 24.5 Å². The Hall–Kier alpha value is -1.75. The third kappa shape index (κ3) is 4.44. The fraction of sp³-hybridized carbons (Fsp3) is 0.500. The molecule has 0 radical (unpaired) electrons. The standard InChI is InChI=1S/C14H20O5/c1-9(7-14(16)17)6-12(15)11-5-4-10(18-2)8-13(11)19-3/h4-5,8-9,12,15H,6-7H2,1-3H3,(H,16,17). The van der Waals surface area contributed by atoms with Crippen molar-refractivity contribution in [3.63, 3.8) is 0 Å². The zero-order valence-electron chi connectivity index (χ0n) is 11.4. The molecule has 0 aliphatic heterocycles. The van der Waals surface area contributed by atoms with Crippen LogP contribution in [0, 0.1) is 5.92 Å². The van der Waals surface area contributed by atoms with Gasteiger partial charge in [-0.3, -0.25) is 4.79 Å². The molecular weight excluding hydrogens is 248 g/mol. The van der Waals surface area contributed by atoms with Gasteiger partial charge in [0, 0.05) is 18.1 Å². The van der Waals surface area contributed by atoms with Gasteiger partial charge in [0.15, 0.2) is 0 Å². The first kappa shape index (κ1) is 15.3. The summed E-state index contributed by atoms with van der Waals surface area (Å²) in [5.74, 6) is 0.210. The van der Waals surface area contributed by atoms with E-state index in [2.05, 4.69) is 0 Å². The maximum absolute atomic E-state index is 10.6. The predicted molar refractivity (Wildman–Crippen MR) is 70.5 cm³/mol. The van der Waals surface area contributed by atoms with Crippen LogP contribution in [-0.4, -0.2) is 30.4 Å². The smallest absolute Gasteiger partial charge is 0.303 e. The van der Waals surface area contributed by atoms with E-state index < -0.39 is 12.1 Å². The zero-order valence-corrected chi connectivity index (χ0v) is 11.4. The van der Waals surface area contributed by atoms with Crippen molar-refractivity contribution in [2.75, 3.05) is 14.2 Å². The Bertz CT molecular complexity index is 430. The Balaban J connectivity index is 2.81. The summed E-state index contributed by atoms with van der Waals surface area (Å²) in [7, 11) is 3.07. The van der Waals surface area contributed by atoms with Gasteiger partial charge in [-0.25, -0.2) is 0 Å². The second-order valence-corrected chi connectivity index (χ2v) is 4.56. The molecule has 19 heavy (non-hydrogen) atoms. The summed E-state index contributed by atoms with van der Waals surface area (Å²) in [6, 6.07) is 5.17. The fourth-order valence-electron chi connectivity index (χ4n) is 1.98. The molecule has 0 fully saturated rings. The van der Waals surface area contributed by atoms with Crippen LogP contribution in [0.1, 0.15) is 31.4 Å². The van der Waals surface area contributed by atoms with E-state index in [1.807, 2.05) is 0 Å². The Morgan fingerprint density at radius 3 is 2.53 bits per heavy atom. The van der Waals surface area contributed by atoms with Crippen molar-refractivity contribution in [1.82, 2.24) is 0 Å². The molecule has 0 aromatic heterocycles. The minimum Gasteiger partial charge on any atom is -0.497 e. The first-order valence-corrected chi connectivity index (χ1v) is 6.09. The minimum absolute atomic E-state index is 0.0372. The average molecular weight is 268 g/mol. The molecule has 1 aromatic rings. The van der Waals surface area contributed by atoms with E-state index in [4.69, 9.17) is 14.6 Å². The molecule has 0 saturated carbocycles. The summed E-state index contributed by atoms with van der Waals surface area (Å²) >= 11 is 0. The molecule has 2 atom stereocenters. The van der Waals surface area contributed by atoms with Gasteiger partial charge in [-0.15, -0.1) is 0 Å². The van der Waals surface area contributed by atoms with Crippen LogP contribution in [0.25, 0.3) is 0 Å². The third-order valence-electron chi connectivity index (χ3n) is 2.95. The van der Waals surface area contributed by atoms with Gasteiger partial charge in [0.05, 0.1) is 20.3 Å². The first-order valence-electron chi connectivity index (χ1n) is 6.09. The SMILES string of the molecule is COc1ccc(C(O)CC(C)CC(=O)O)c(OC)c1. The quantitative estimate of drug-likeness (QED) is 0.793. The summed E-state index contributed by atoms with van der Waals surface area (Å²) in [4.78, 5) is 10.6. The molecule has 1 aromatic carbocycles. The molecule has 2 unspecified atom stereocenters. The summed E-state index contributed by atoms with van der Waals surface area (Å²) in [5.41, 5.74) is 0.639.